The molecule has 0 saturated heterocycles. The molecule has 0 fully saturated rings. The average Bonchev–Trinajstić information content (AvgIpc) is 2.81. The molecular weight excluding hydrogens is 462 g/mol. The van der Waals surface area contributed by atoms with Crippen LogP contribution >= 0.6 is 47.8 Å². The smallest absolute Gasteiger partial charge is 0.0771 e. The molecule has 3 nitrogen and oxygen atoms in total. The first-order valence-corrected chi connectivity index (χ1v) is 9.35. The van der Waals surface area contributed by atoms with E-state index in [1.165, 1.54) is 5.56 Å². The van der Waals surface area contributed by atoms with Gasteiger partial charge in [-0.05, 0) is 52.7 Å². The number of halogens is 3. The van der Waals surface area contributed by atoms with Crippen LogP contribution in [0.2, 0.25) is 0 Å². The van der Waals surface area contributed by atoms with E-state index in [0.29, 0.717) is 0 Å². The summed E-state index contributed by atoms with van der Waals surface area (Å²) in [7, 11) is 0. The van der Waals surface area contributed by atoms with Gasteiger partial charge in [-0.3, -0.25) is 4.68 Å². The quantitative estimate of drug-likeness (QED) is 0.611. The van der Waals surface area contributed by atoms with Gasteiger partial charge in [0, 0.05) is 15.5 Å². The van der Waals surface area contributed by atoms with Crippen molar-refractivity contribution in [3.05, 3.63) is 49.1 Å². The third-order valence-corrected chi connectivity index (χ3v) is 5.05. The molecule has 6 heteroatoms. The van der Waals surface area contributed by atoms with E-state index in [0.717, 1.165) is 38.6 Å². The van der Waals surface area contributed by atoms with Crippen molar-refractivity contribution in [1.29, 1.82) is 0 Å². The summed E-state index contributed by atoms with van der Waals surface area (Å²) in [6.07, 6.45) is 2.93. The molecule has 0 amide bonds. The Morgan fingerprint density at radius 1 is 1.19 bits per heavy atom. The number of benzene rings is 1. The maximum Gasteiger partial charge on any atom is 0.0771 e. The molecule has 0 aliphatic carbocycles. The van der Waals surface area contributed by atoms with Crippen molar-refractivity contribution >= 4 is 47.8 Å². The Kier molecular flexibility index (Phi) is 6.47. The predicted octanol–water partition coefficient (Wildman–Crippen LogP) is 5.28. The lowest BCUT2D eigenvalue weighted by atomic mass is 10.0. The van der Waals surface area contributed by atoms with Gasteiger partial charge in [-0.15, -0.1) is 0 Å². The molecule has 21 heavy (non-hydrogen) atoms. The zero-order chi connectivity index (χ0) is 15.4. The van der Waals surface area contributed by atoms with Gasteiger partial charge in [-0.1, -0.05) is 45.7 Å². The van der Waals surface area contributed by atoms with Crippen LogP contribution in [-0.4, -0.2) is 16.3 Å². The van der Waals surface area contributed by atoms with Gasteiger partial charge in [0.05, 0.1) is 22.4 Å². The molecule has 1 aromatic carbocycles. The van der Waals surface area contributed by atoms with Gasteiger partial charge in [0.25, 0.3) is 0 Å². The molecule has 0 aliphatic rings. The second kappa shape index (κ2) is 7.90. The highest BCUT2D eigenvalue weighted by atomic mass is 79.9. The lowest BCUT2D eigenvalue weighted by molar-refractivity contribution is 0.518. The molecule has 0 spiro atoms. The van der Waals surface area contributed by atoms with Gasteiger partial charge in [0.15, 0.2) is 0 Å². The van der Waals surface area contributed by atoms with Gasteiger partial charge >= 0.3 is 0 Å². The average molecular weight is 480 g/mol. The number of aromatic nitrogens is 2. The Hall–Kier alpha value is -0.170. The van der Waals surface area contributed by atoms with E-state index in [1.54, 1.807) is 0 Å². The maximum absolute atomic E-state index is 4.49. The number of rotatable bonds is 6. The van der Waals surface area contributed by atoms with Crippen LogP contribution in [0.4, 0.5) is 0 Å². The predicted molar refractivity (Wildman–Crippen MR) is 97.6 cm³/mol. The largest absolute Gasteiger partial charge is 0.305 e. The van der Waals surface area contributed by atoms with Crippen LogP contribution in [0, 0.1) is 0 Å². The molecule has 114 valence electrons. The van der Waals surface area contributed by atoms with Crippen molar-refractivity contribution in [3.63, 3.8) is 0 Å². The summed E-state index contributed by atoms with van der Waals surface area (Å²) < 4.78 is 5.27. The number of hydrogen-bond donors (Lipinski definition) is 1. The summed E-state index contributed by atoms with van der Waals surface area (Å²) in [6.45, 7) is 6.08. The van der Waals surface area contributed by atoms with Gasteiger partial charge < -0.3 is 5.32 Å². The van der Waals surface area contributed by atoms with E-state index >= 15 is 0 Å². The van der Waals surface area contributed by atoms with Gasteiger partial charge in [0.1, 0.15) is 0 Å². The second-order valence-corrected chi connectivity index (χ2v) is 7.38. The van der Waals surface area contributed by atoms with Gasteiger partial charge in [0.2, 0.25) is 0 Å². The highest BCUT2D eigenvalue weighted by Gasteiger charge is 2.23. The van der Waals surface area contributed by atoms with E-state index in [9.17, 15) is 0 Å². The van der Waals surface area contributed by atoms with Crippen molar-refractivity contribution in [3.8, 4) is 0 Å². The molecular formula is C15H18Br3N3. The number of aryl methyl sites for hydroxylation is 1. The normalized spacial score (nSPS) is 12.6. The molecule has 1 atom stereocenters. The Morgan fingerprint density at radius 2 is 1.95 bits per heavy atom. The van der Waals surface area contributed by atoms with E-state index in [4.69, 9.17) is 0 Å². The standard InChI is InChI=1S/C15H18Br3N3/c1-3-7-21-15(13(18)9-20-21)14(19-4-2)11-8-10(16)5-6-12(11)17/h5-6,8-9,14,19H,3-4,7H2,1-2H3. The van der Waals surface area contributed by atoms with Crippen molar-refractivity contribution in [1.82, 2.24) is 15.1 Å². The van der Waals surface area contributed by atoms with Gasteiger partial charge in [-0.25, -0.2) is 0 Å². The lowest BCUT2D eigenvalue weighted by Gasteiger charge is -2.22. The summed E-state index contributed by atoms with van der Waals surface area (Å²) in [5, 5.41) is 8.06. The number of nitrogens with zero attached hydrogens (tertiary/aromatic N) is 2. The Morgan fingerprint density at radius 3 is 2.62 bits per heavy atom. The molecule has 2 rings (SSSR count). The number of nitrogens with one attached hydrogen (secondary N) is 1. The van der Waals surface area contributed by atoms with Crippen molar-refractivity contribution in [2.75, 3.05) is 6.54 Å². The minimum Gasteiger partial charge on any atom is -0.305 e. The molecule has 1 N–H and O–H groups in total. The van der Waals surface area contributed by atoms with Crippen LogP contribution in [0.25, 0.3) is 0 Å². The summed E-state index contributed by atoms with van der Waals surface area (Å²) in [5.74, 6) is 0. The maximum atomic E-state index is 4.49. The van der Waals surface area contributed by atoms with E-state index in [-0.39, 0.29) is 6.04 Å². The Labute approximate surface area is 150 Å². The van der Waals surface area contributed by atoms with Crippen LogP contribution < -0.4 is 5.32 Å². The molecule has 0 aliphatic heterocycles. The monoisotopic (exact) mass is 477 g/mol. The first-order valence-electron chi connectivity index (χ1n) is 6.98. The fourth-order valence-electron chi connectivity index (χ4n) is 2.34. The first-order chi connectivity index (χ1) is 10.1. The highest BCUT2D eigenvalue weighted by Crippen LogP contribution is 2.34. The Bertz CT molecular complexity index is 610. The van der Waals surface area contributed by atoms with Crippen LogP contribution in [0.15, 0.2) is 37.8 Å². The lowest BCUT2D eigenvalue weighted by Crippen LogP contribution is -2.25. The molecule has 1 aromatic heterocycles. The SMILES string of the molecule is CCCn1ncc(Br)c1C(NCC)c1cc(Br)ccc1Br. The minimum atomic E-state index is 0.0882. The summed E-state index contributed by atoms with van der Waals surface area (Å²) >= 11 is 10.9. The van der Waals surface area contributed by atoms with Crippen molar-refractivity contribution in [2.45, 2.75) is 32.9 Å². The molecule has 0 radical (unpaired) electrons. The minimum absolute atomic E-state index is 0.0882. The second-order valence-electron chi connectivity index (χ2n) is 4.76. The first kappa shape index (κ1) is 17.2. The highest BCUT2D eigenvalue weighted by molar-refractivity contribution is 9.11. The van der Waals surface area contributed by atoms with E-state index < -0.39 is 0 Å². The summed E-state index contributed by atoms with van der Waals surface area (Å²) in [4.78, 5) is 0. The van der Waals surface area contributed by atoms with Crippen LogP contribution in [0.1, 0.15) is 37.6 Å². The van der Waals surface area contributed by atoms with Crippen LogP contribution in [-0.2, 0) is 6.54 Å². The van der Waals surface area contributed by atoms with E-state index in [2.05, 4.69) is 88.9 Å². The fourth-order valence-corrected chi connectivity index (χ4v) is 3.72. The molecule has 2 aromatic rings. The van der Waals surface area contributed by atoms with Gasteiger partial charge in [-0.2, -0.15) is 5.10 Å². The molecule has 1 heterocycles. The zero-order valence-corrected chi connectivity index (χ0v) is 16.8. The van der Waals surface area contributed by atoms with E-state index in [1.807, 2.05) is 12.3 Å². The summed E-state index contributed by atoms with van der Waals surface area (Å²) in [6, 6.07) is 6.34. The third kappa shape index (κ3) is 3.97. The third-order valence-electron chi connectivity index (χ3n) is 3.22. The molecule has 1 unspecified atom stereocenters. The summed E-state index contributed by atoms with van der Waals surface area (Å²) in [5.41, 5.74) is 2.36. The van der Waals surface area contributed by atoms with Crippen molar-refractivity contribution in [2.24, 2.45) is 0 Å². The molecule has 0 bridgehead atoms. The number of hydrogen-bond acceptors (Lipinski definition) is 2. The topological polar surface area (TPSA) is 29.9 Å². The Balaban J connectivity index is 2.53. The van der Waals surface area contributed by atoms with Crippen LogP contribution in [0.5, 0.6) is 0 Å². The zero-order valence-electron chi connectivity index (χ0n) is 12.0. The molecule has 0 saturated carbocycles. The fraction of sp³-hybridized carbons (Fsp3) is 0.400. The van der Waals surface area contributed by atoms with Crippen LogP contribution in [0.3, 0.4) is 0 Å². The van der Waals surface area contributed by atoms with Crippen molar-refractivity contribution < 1.29 is 0 Å².